The second-order valence-electron chi connectivity index (χ2n) is 6.92. The van der Waals surface area contributed by atoms with Gasteiger partial charge in [-0.15, -0.1) is 0 Å². The number of anilines is 1. The first-order valence-electron chi connectivity index (χ1n) is 9.74. The molecular weight excluding hydrogens is 390 g/mol. The van der Waals surface area contributed by atoms with Crippen LogP contribution in [0.5, 0.6) is 5.75 Å². The smallest absolute Gasteiger partial charge is 0.177 e. The van der Waals surface area contributed by atoms with E-state index in [1.165, 1.54) is 11.9 Å². The van der Waals surface area contributed by atoms with Gasteiger partial charge in [-0.25, -0.2) is 19.9 Å². The Hall–Kier alpha value is -4.33. The van der Waals surface area contributed by atoms with E-state index in [9.17, 15) is 0 Å². The van der Waals surface area contributed by atoms with E-state index < -0.39 is 0 Å². The Labute approximate surface area is 178 Å². The zero-order chi connectivity index (χ0) is 21.0. The van der Waals surface area contributed by atoms with Gasteiger partial charge in [0.05, 0.1) is 37.4 Å². The molecule has 0 radical (unpaired) electrons. The number of imidazole rings is 1. The van der Waals surface area contributed by atoms with Crippen LogP contribution < -0.4 is 10.2 Å². The average Bonchev–Trinajstić information content (AvgIpc) is 3.23. The van der Waals surface area contributed by atoms with E-state index in [0.29, 0.717) is 17.9 Å². The van der Waals surface area contributed by atoms with Crippen LogP contribution in [0.2, 0.25) is 0 Å². The SMILES string of the molecule is COc1ccc2nc(C=NNc3ncnc4c3ncn4Cc3ccccc3)ccc2c1. The molecule has 0 unspecified atom stereocenters. The van der Waals surface area contributed by atoms with E-state index >= 15 is 0 Å². The van der Waals surface area contributed by atoms with E-state index in [2.05, 4.69) is 42.6 Å². The fourth-order valence-corrected chi connectivity index (χ4v) is 3.34. The zero-order valence-electron chi connectivity index (χ0n) is 16.8. The van der Waals surface area contributed by atoms with E-state index in [1.807, 2.05) is 53.1 Å². The lowest BCUT2D eigenvalue weighted by Crippen LogP contribution is -2.01. The number of nitrogens with one attached hydrogen (secondary N) is 1. The molecule has 152 valence electrons. The fraction of sp³-hybridized carbons (Fsp3) is 0.0870. The van der Waals surface area contributed by atoms with Crippen molar-refractivity contribution < 1.29 is 4.74 Å². The largest absolute Gasteiger partial charge is 0.497 e. The molecule has 0 saturated heterocycles. The number of methoxy groups -OCH3 is 1. The highest BCUT2D eigenvalue weighted by Crippen LogP contribution is 2.20. The standard InChI is InChI=1S/C23H19N7O/c1-31-19-9-10-20-17(11-19)7-8-18(28-20)12-27-29-22-21-23(25-14-24-22)30(15-26-21)13-16-5-3-2-4-6-16/h2-12,14-15H,13H2,1H3,(H,24,25,29). The third kappa shape index (κ3) is 3.91. The maximum atomic E-state index is 5.25. The normalized spacial score (nSPS) is 11.4. The van der Waals surface area contributed by atoms with Crippen molar-refractivity contribution in [2.45, 2.75) is 6.54 Å². The molecule has 0 aliphatic carbocycles. The van der Waals surface area contributed by atoms with Crippen molar-refractivity contribution in [3.63, 3.8) is 0 Å². The lowest BCUT2D eigenvalue weighted by atomic mass is 10.2. The molecule has 8 nitrogen and oxygen atoms in total. The number of ether oxygens (including phenoxy) is 1. The Morgan fingerprint density at radius 3 is 2.81 bits per heavy atom. The summed E-state index contributed by atoms with van der Waals surface area (Å²) >= 11 is 0. The summed E-state index contributed by atoms with van der Waals surface area (Å²) in [6.07, 6.45) is 4.92. The number of fused-ring (bicyclic) bond motifs is 2. The number of pyridine rings is 1. The van der Waals surface area contributed by atoms with Gasteiger partial charge in [0.25, 0.3) is 0 Å². The van der Waals surface area contributed by atoms with Gasteiger partial charge in [0.1, 0.15) is 12.1 Å². The molecule has 2 aromatic carbocycles. The average molecular weight is 409 g/mol. The van der Waals surface area contributed by atoms with Crippen LogP contribution in [0.4, 0.5) is 5.82 Å². The summed E-state index contributed by atoms with van der Waals surface area (Å²) in [7, 11) is 1.65. The second kappa shape index (κ2) is 8.19. The first kappa shape index (κ1) is 18.7. The van der Waals surface area contributed by atoms with Crippen molar-refractivity contribution >= 4 is 34.1 Å². The van der Waals surface area contributed by atoms with Gasteiger partial charge in [-0.1, -0.05) is 36.4 Å². The van der Waals surface area contributed by atoms with E-state index in [-0.39, 0.29) is 0 Å². The molecule has 5 aromatic rings. The molecule has 3 aromatic heterocycles. The van der Waals surface area contributed by atoms with Crippen LogP contribution in [0.15, 0.2) is 78.4 Å². The maximum absolute atomic E-state index is 5.25. The van der Waals surface area contributed by atoms with Crippen LogP contribution >= 0.6 is 0 Å². The molecule has 0 fully saturated rings. The number of benzene rings is 2. The van der Waals surface area contributed by atoms with Gasteiger partial charge >= 0.3 is 0 Å². The minimum absolute atomic E-state index is 0.540. The van der Waals surface area contributed by atoms with E-state index in [1.54, 1.807) is 19.7 Å². The summed E-state index contributed by atoms with van der Waals surface area (Å²) in [5.41, 5.74) is 7.14. The number of hydrogen-bond acceptors (Lipinski definition) is 7. The molecule has 0 bridgehead atoms. The van der Waals surface area contributed by atoms with Crippen LogP contribution in [0.3, 0.4) is 0 Å². The molecule has 3 heterocycles. The van der Waals surface area contributed by atoms with Gasteiger partial charge in [0, 0.05) is 5.39 Å². The Morgan fingerprint density at radius 2 is 1.94 bits per heavy atom. The van der Waals surface area contributed by atoms with Crippen molar-refractivity contribution in [1.82, 2.24) is 24.5 Å². The Balaban J connectivity index is 1.36. The van der Waals surface area contributed by atoms with E-state index in [4.69, 9.17) is 4.74 Å². The third-order valence-electron chi connectivity index (χ3n) is 4.88. The van der Waals surface area contributed by atoms with Crippen molar-refractivity contribution in [1.29, 1.82) is 0 Å². The summed E-state index contributed by atoms with van der Waals surface area (Å²) in [4.78, 5) is 17.7. The van der Waals surface area contributed by atoms with Crippen LogP contribution in [-0.2, 0) is 6.54 Å². The molecule has 0 spiro atoms. The summed E-state index contributed by atoms with van der Waals surface area (Å²) in [6.45, 7) is 0.683. The first-order chi connectivity index (χ1) is 15.3. The lowest BCUT2D eigenvalue weighted by molar-refractivity contribution is 0.415. The van der Waals surface area contributed by atoms with Crippen LogP contribution in [0.25, 0.3) is 22.1 Å². The molecule has 0 amide bonds. The predicted octanol–water partition coefficient (Wildman–Crippen LogP) is 3.88. The van der Waals surface area contributed by atoms with Crippen molar-refractivity contribution in [3.05, 3.63) is 84.6 Å². The number of hydrazone groups is 1. The highest BCUT2D eigenvalue weighted by molar-refractivity contribution is 5.87. The van der Waals surface area contributed by atoms with Gasteiger partial charge < -0.3 is 9.30 Å². The van der Waals surface area contributed by atoms with Crippen molar-refractivity contribution in [2.24, 2.45) is 5.10 Å². The summed E-state index contributed by atoms with van der Waals surface area (Å²) in [6, 6.07) is 19.8. The van der Waals surface area contributed by atoms with Gasteiger partial charge in [-0.2, -0.15) is 5.10 Å². The highest BCUT2D eigenvalue weighted by Gasteiger charge is 2.10. The monoisotopic (exact) mass is 409 g/mol. The molecule has 5 rings (SSSR count). The molecule has 0 atom stereocenters. The quantitative estimate of drug-likeness (QED) is 0.338. The zero-order valence-corrected chi connectivity index (χ0v) is 16.8. The number of hydrogen-bond donors (Lipinski definition) is 1. The van der Waals surface area contributed by atoms with Gasteiger partial charge in [0.2, 0.25) is 0 Å². The molecule has 31 heavy (non-hydrogen) atoms. The minimum Gasteiger partial charge on any atom is -0.497 e. The lowest BCUT2D eigenvalue weighted by Gasteiger charge is -2.04. The molecule has 0 saturated carbocycles. The molecule has 8 heteroatoms. The number of nitrogens with zero attached hydrogens (tertiary/aromatic N) is 6. The Kier molecular flexibility index (Phi) is 4.94. The van der Waals surface area contributed by atoms with Crippen LogP contribution in [0, 0.1) is 0 Å². The Bertz CT molecular complexity index is 1380. The molecular formula is C23H19N7O. The molecule has 0 aliphatic rings. The summed E-state index contributed by atoms with van der Waals surface area (Å²) < 4.78 is 7.24. The van der Waals surface area contributed by atoms with Crippen LogP contribution in [0.1, 0.15) is 11.3 Å². The fourth-order valence-electron chi connectivity index (χ4n) is 3.34. The third-order valence-corrected chi connectivity index (χ3v) is 4.88. The van der Waals surface area contributed by atoms with Gasteiger partial charge in [0.15, 0.2) is 17.0 Å². The van der Waals surface area contributed by atoms with Crippen LogP contribution in [-0.4, -0.2) is 37.8 Å². The summed E-state index contributed by atoms with van der Waals surface area (Å²) in [5, 5.41) is 5.30. The number of aromatic nitrogens is 5. The van der Waals surface area contributed by atoms with Gasteiger partial charge in [-0.3, -0.25) is 5.43 Å². The second-order valence-corrected chi connectivity index (χ2v) is 6.92. The topological polar surface area (TPSA) is 90.1 Å². The Morgan fingerprint density at radius 1 is 1.03 bits per heavy atom. The minimum atomic E-state index is 0.540. The predicted molar refractivity (Wildman–Crippen MR) is 120 cm³/mol. The van der Waals surface area contributed by atoms with E-state index in [0.717, 1.165) is 28.0 Å². The molecule has 1 N–H and O–H groups in total. The van der Waals surface area contributed by atoms with Crippen molar-refractivity contribution in [3.8, 4) is 5.75 Å². The number of rotatable bonds is 6. The highest BCUT2D eigenvalue weighted by atomic mass is 16.5. The maximum Gasteiger partial charge on any atom is 0.177 e. The van der Waals surface area contributed by atoms with Crippen molar-refractivity contribution in [2.75, 3.05) is 12.5 Å². The molecule has 0 aliphatic heterocycles. The van der Waals surface area contributed by atoms with Gasteiger partial charge in [-0.05, 0) is 29.8 Å². The summed E-state index contributed by atoms with van der Waals surface area (Å²) in [5.74, 6) is 1.34. The first-order valence-corrected chi connectivity index (χ1v) is 9.74.